The van der Waals surface area contributed by atoms with Crippen molar-refractivity contribution in [1.29, 1.82) is 0 Å². The van der Waals surface area contributed by atoms with Crippen LogP contribution in [0.4, 0.5) is 0 Å². The first-order valence-corrected chi connectivity index (χ1v) is 4.39. The van der Waals surface area contributed by atoms with Crippen molar-refractivity contribution in [3.05, 3.63) is 30.3 Å². The molecular weight excluding hydrogens is 201 g/mol. The predicted octanol–water partition coefficient (Wildman–Crippen LogP) is -3.78. The van der Waals surface area contributed by atoms with Crippen molar-refractivity contribution in [1.82, 2.24) is 0 Å². The molecule has 58 valence electrons. The van der Waals surface area contributed by atoms with E-state index in [9.17, 15) is 4.89 Å². The van der Waals surface area contributed by atoms with Gasteiger partial charge in [-0.1, -0.05) is 18.2 Å². The summed E-state index contributed by atoms with van der Waals surface area (Å²) in [5.74, 6) is 0. The zero-order valence-corrected chi connectivity index (χ0v) is 8.95. The van der Waals surface area contributed by atoms with Crippen LogP contribution in [0.1, 0.15) is 0 Å². The van der Waals surface area contributed by atoms with Crippen molar-refractivity contribution >= 4 is 30.6 Å². The molecule has 0 saturated carbocycles. The molecule has 0 radical (unpaired) electrons. The van der Waals surface area contributed by atoms with Gasteiger partial charge < -0.3 is 4.89 Å². The van der Waals surface area contributed by atoms with E-state index in [1.807, 2.05) is 6.07 Å². The minimum absolute atomic E-state index is 0. The third-order valence-electron chi connectivity index (χ3n) is 1.28. The second-order valence-corrected chi connectivity index (χ2v) is 3.79. The van der Waals surface area contributed by atoms with Gasteiger partial charge in [0.05, 0.1) is 0 Å². The van der Waals surface area contributed by atoms with E-state index in [-0.39, 0.29) is 46.9 Å². The Bertz CT molecular complexity index is 242. The molecule has 2 rings (SSSR count). The fourth-order valence-electron chi connectivity index (χ4n) is 0.727. The van der Waals surface area contributed by atoms with E-state index in [1.165, 1.54) is 0 Å². The first-order valence-electron chi connectivity index (χ1n) is 2.85. The van der Waals surface area contributed by atoms with Crippen molar-refractivity contribution in [2.45, 2.75) is 0 Å². The second-order valence-electron chi connectivity index (χ2n) is 1.98. The minimum Gasteiger partial charge on any atom is -0.622 e. The summed E-state index contributed by atoms with van der Waals surface area (Å²) in [6, 6.07) is 8.86. The maximum absolute atomic E-state index is 11.1. The van der Waals surface area contributed by atoms with Crippen molar-refractivity contribution in [3.63, 3.8) is 0 Å². The molecular formula is C6H8AlNaO3P+. The molecule has 0 bridgehead atoms. The number of hydrogen-bond donors (Lipinski definition) is 0. The fraction of sp³-hybridized carbons (Fsp3) is 0. The van der Waals surface area contributed by atoms with Crippen molar-refractivity contribution in [2.24, 2.45) is 0 Å². The Morgan fingerprint density at radius 1 is 1.08 bits per heavy atom. The van der Waals surface area contributed by atoms with Crippen molar-refractivity contribution in [2.75, 3.05) is 0 Å². The zero-order valence-electron chi connectivity index (χ0n) is 6.06. The van der Waals surface area contributed by atoms with Crippen LogP contribution < -0.4 is 39.8 Å². The Morgan fingerprint density at radius 2 is 1.58 bits per heavy atom. The molecule has 6 heteroatoms. The van der Waals surface area contributed by atoms with Crippen LogP contribution in [0.5, 0.6) is 0 Å². The molecule has 0 amide bonds. The average Bonchev–Trinajstić information content (AvgIpc) is 2.72. The molecule has 0 aromatic heterocycles. The van der Waals surface area contributed by atoms with Gasteiger partial charge in [0.2, 0.25) is 0 Å². The van der Waals surface area contributed by atoms with E-state index in [2.05, 4.69) is 9.35 Å². The fourth-order valence-corrected chi connectivity index (χ4v) is 1.68. The van der Waals surface area contributed by atoms with Crippen molar-refractivity contribution < 1.29 is 43.8 Å². The molecule has 1 heterocycles. The predicted molar refractivity (Wildman–Crippen MR) is 45.1 cm³/mol. The monoisotopic (exact) mass is 209 g/mol. The molecule has 0 atom stereocenters. The summed E-state index contributed by atoms with van der Waals surface area (Å²) in [6.07, 6.45) is 0. The van der Waals surface area contributed by atoms with Gasteiger partial charge in [0.25, 0.3) is 0 Å². The molecule has 1 aromatic carbocycles. The standard InChI is InChI=1S/C6H5O3P.Al.Na.3H/c7-10(8-9-10)6-4-2-1-3-5-6;;;;;/h1-5H;;;;;/q;;+1;;;. The van der Waals surface area contributed by atoms with E-state index in [1.54, 1.807) is 24.3 Å². The Hall–Kier alpha value is 1.06. The SMILES string of the molecule is [AlH3].[Na+].[O-][P+]1(c2ccccc2)OO1. The quantitative estimate of drug-likeness (QED) is 0.206. The van der Waals surface area contributed by atoms with Gasteiger partial charge in [0.1, 0.15) is 0 Å². The van der Waals surface area contributed by atoms with Gasteiger partial charge in [0, 0.05) is 0 Å². The van der Waals surface area contributed by atoms with Crippen molar-refractivity contribution in [3.8, 4) is 0 Å². The molecule has 0 aliphatic carbocycles. The third-order valence-corrected chi connectivity index (χ3v) is 2.63. The van der Waals surface area contributed by atoms with E-state index in [4.69, 9.17) is 0 Å². The maximum atomic E-state index is 11.1. The summed E-state index contributed by atoms with van der Waals surface area (Å²) >= 11 is 0. The Labute approximate surface area is 104 Å². The molecule has 1 aromatic rings. The number of hydrogen-bond acceptors (Lipinski definition) is 3. The van der Waals surface area contributed by atoms with Gasteiger partial charge in [-0.2, -0.15) is 0 Å². The molecule has 0 unspecified atom stereocenters. The van der Waals surface area contributed by atoms with Crippen LogP contribution in [0, 0.1) is 0 Å². The first-order chi connectivity index (χ1) is 4.81. The minimum atomic E-state index is -2.77. The summed E-state index contributed by atoms with van der Waals surface area (Å²) in [5, 5.41) is 0.620. The summed E-state index contributed by atoms with van der Waals surface area (Å²) in [7, 11) is -2.77. The Kier molecular flexibility index (Phi) is 5.52. The van der Waals surface area contributed by atoms with Crippen LogP contribution in [-0.4, -0.2) is 17.4 Å². The van der Waals surface area contributed by atoms with Gasteiger partial charge in [0.15, 0.2) is 22.7 Å². The van der Waals surface area contributed by atoms with E-state index in [0.29, 0.717) is 5.30 Å². The molecule has 0 N–H and O–H groups in total. The number of benzene rings is 1. The molecule has 3 nitrogen and oxygen atoms in total. The van der Waals surface area contributed by atoms with Crippen LogP contribution in [0.15, 0.2) is 30.3 Å². The van der Waals surface area contributed by atoms with Gasteiger partial charge in [-0.3, -0.25) is 0 Å². The topological polar surface area (TPSA) is 48.1 Å². The average molecular weight is 209 g/mol. The summed E-state index contributed by atoms with van der Waals surface area (Å²) in [6.45, 7) is 0. The van der Waals surface area contributed by atoms with Gasteiger partial charge in [-0.15, -0.1) is 0 Å². The molecule has 1 saturated heterocycles. The van der Waals surface area contributed by atoms with Crippen LogP contribution in [0.25, 0.3) is 0 Å². The van der Waals surface area contributed by atoms with Crippen LogP contribution >= 0.6 is 7.94 Å². The molecule has 1 aliphatic rings. The van der Waals surface area contributed by atoms with Gasteiger partial charge in [-0.05, 0) is 21.5 Å². The van der Waals surface area contributed by atoms with E-state index in [0.717, 1.165) is 0 Å². The molecule has 1 fully saturated rings. The summed E-state index contributed by atoms with van der Waals surface area (Å²) < 4.78 is 8.68. The Morgan fingerprint density at radius 3 is 2.00 bits per heavy atom. The largest absolute Gasteiger partial charge is 1.00 e. The Balaban J connectivity index is 0.000000605. The van der Waals surface area contributed by atoms with E-state index >= 15 is 0 Å². The molecule has 0 spiro atoms. The smallest absolute Gasteiger partial charge is 0.622 e. The van der Waals surface area contributed by atoms with Crippen LogP contribution in [-0.2, 0) is 9.35 Å². The summed E-state index contributed by atoms with van der Waals surface area (Å²) in [5.41, 5.74) is 0. The van der Waals surface area contributed by atoms with Crippen LogP contribution in [0.3, 0.4) is 0 Å². The molecule has 1 aliphatic heterocycles. The third kappa shape index (κ3) is 2.78. The number of rotatable bonds is 1. The maximum Gasteiger partial charge on any atom is 1.00 e. The van der Waals surface area contributed by atoms with Crippen LogP contribution in [0.2, 0.25) is 0 Å². The second kappa shape index (κ2) is 5.07. The summed E-state index contributed by atoms with van der Waals surface area (Å²) in [4.78, 5) is 11.1. The van der Waals surface area contributed by atoms with E-state index < -0.39 is 7.94 Å². The van der Waals surface area contributed by atoms with Gasteiger partial charge >= 0.3 is 37.5 Å². The van der Waals surface area contributed by atoms with Gasteiger partial charge in [-0.25, -0.2) is 0 Å². The first kappa shape index (κ1) is 13.1. The normalized spacial score (nSPS) is 17.1. The zero-order chi connectivity index (χ0) is 7.03. The molecule has 12 heavy (non-hydrogen) atoms.